The summed E-state index contributed by atoms with van der Waals surface area (Å²) in [6.45, 7) is 2.04. The third kappa shape index (κ3) is 4.24. The van der Waals surface area contributed by atoms with E-state index in [4.69, 9.17) is 4.98 Å². The van der Waals surface area contributed by atoms with Crippen LogP contribution in [0.25, 0.3) is 61.0 Å². The number of para-hydroxylation sites is 1. The SMILES string of the molecule is CN1C=CN(c2[c-]c(-n3c4[c-]c(-c5nc6ccc(-c7ccccc7)cc6n5C)ccc4c4ccccc43)ccc2)[CH-]1.[Pt]. The van der Waals surface area contributed by atoms with Crippen molar-refractivity contribution in [1.82, 2.24) is 19.0 Å². The van der Waals surface area contributed by atoms with E-state index in [0.29, 0.717) is 0 Å². The summed E-state index contributed by atoms with van der Waals surface area (Å²) in [5, 5.41) is 2.34. The van der Waals surface area contributed by atoms with Crippen LogP contribution in [0.2, 0.25) is 0 Å². The van der Waals surface area contributed by atoms with Crippen LogP contribution >= 0.6 is 0 Å². The number of fused-ring (bicyclic) bond motifs is 4. The van der Waals surface area contributed by atoms with Crippen molar-refractivity contribution < 1.29 is 21.1 Å². The Morgan fingerprint density at radius 1 is 0.667 bits per heavy atom. The van der Waals surface area contributed by atoms with Gasteiger partial charge in [-0.15, -0.1) is 47.6 Å². The molecule has 5 nitrogen and oxygen atoms in total. The maximum Gasteiger partial charge on any atom is 0.0771 e. The van der Waals surface area contributed by atoms with Crippen LogP contribution in [0.3, 0.4) is 0 Å². The molecule has 0 saturated heterocycles. The molecule has 0 saturated carbocycles. The molecule has 2 aromatic heterocycles. The van der Waals surface area contributed by atoms with E-state index in [1.54, 1.807) is 0 Å². The third-order valence-electron chi connectivity index (χ3n) is 7.86. The van der Waals surface area contributed by atoms with Crippen molar-refractivity contribution in [3.63, 3.8) is 0 Å². The van der Waals surface area contributed by atoms with Crippen LogP contribution < -0.4 is 4.90 Å². The molecule has 0 atom stereocenters. The van der Waals surface area contributed by atoms with Crippen LogP contribution in [0.15, 0.2) is 116 Å². The van der Waals surface area contributed by atoms with E-state index in [0.717, 1.165) is 50.2 Å². The van der Waals surface area contributed by atoms with Crippen molar-refractivity contribution in [3.8, 4) is 28.2 Å². The van der Waals surface area contributed by atoms with Gasteiger partial charge in [0.15, 0.2) is 0 Å². The molecule has 3 heterocycles. The van der Waals surface area contributed by atoms with Gasteiger partial charge in [-0.1, -0.05) is 65.7 Å². The number of aryl methyl sites for hydroxylation is 1. The average Bonchev–Trinajstić information content (AvgIpc) is 3.70. The van der Waals surface area contributed by atoms with E-state index in [9.17, 15) is 0 Å². The first-order chi connectivity index (χ1) is 20.1. The summed E-state index contributed by atoms with van der Waals surface area (Å²) in [6.07, 6.45) is 4.07. The van der Waals surface area contributed by atoms with Gasteiger partial charge in [0.05, 0.1) is 16.9 Å². The quantitative estimate of drug-likeness (QED) is 0.173. The molecule has 5 aromatic carbocycles. The summed E-state index contributed by atoms with van der Waals surface area (Å²) >= 11 is 0. The zero-order valence-electron chi connectivity index (χ0n) is 23.1. The monoisotopic (exact) mass is 723 g/mol. The first kappa shape index (κ1) is 26.3. The van der Waals surface area contributed by atoms with Gasteiger partial charge in [0.2, 0.25) is 0 Å². The molecule has 7 aromatic rings. The summed E-state index contributed by atoms with van der Waals surface area (Å²) in [5.74, 6) is 0.890. The molecular weight excluding hydrogens is 698 g/mol. The summed E-state index contributed by atoms with van der Waals surface area (Å²) in [6, 6.07) is 43.5. The molecular formula is C36H26N5Pt-3. The molecule has 1 aliphatic rings. The number of imidazole rings is 1. The Bertz CT molecular complexity index is 2120. The molecule has 8 rings (SSSR count). The number of hydrogen-bond acceptors (Lipinski definition) is 3. The molecule has 6 heteroatoms. The van der Waals surface area contributed by atoms with Gasteiger partial charge in [-0.05, 0) is 59.7 Å². The Labute approximate surface area is 259 Å². The summed E-state index contributed by atoms with van der Waals surface area (Å²) < 4.78 is 4.43. The molecule has 0 unspecified atom stereocenters. The minimum atomic E-state index is 0. The van der Waals surface area contributed by atoms with Gasteiger partial charge in [0.25, 0.3) is 0 Å². The number of benzene rings is 5. The number of hydrogen-bond donors (Lipinski definition) is 0. The Hall–Kier alpha value is -4.60. The second kappa shape index (κ2) is 10.3. The van der Waals surface area contributed by atoms with E-state index in [-0.39, 0.29) is 21.1 Å². The molecule has 0 N–H and O–H groups in total. The molecule has 0 bridgehead atoms. The molecule has 0 radical (unpaired) electrons. The predicted molar refractivity (Wildman–Crippen MR) is 167 cm³/mol. The largest absolute Gasteiger partial charge is 0.510 e. The number of nitrogens with zero attached hydrogens (tertiary/aromatic N) is 5. The van der Waals surface area contributed by atoms with Crippen molar-refractivity contribution in [2.45, 2.75) is 0 Å². The zero-order valence-corrected chi connectivity index (χ0v) is 25.4. The minimum Gasteiger partial charge on any atom is -0.510 e. The fourth-order valence-electron chi connectivity index (χ4n) is 5.83. The van der Waals surface area contributed by atoms with E-state index in [1.165, 1.54) is 16.5 Å². The van der Waals surface area contributed by atoms with Gasteiger partial charge in [-0.2, -0.15) is 12.7 Å². The Morgan fingerprint density at radius 3 is 2.31 bits per heavy atom. The van der Waals surface area contributed by atoms with Gasteiger partial charge < -0.3 is 18.9 Å². The van der Waals surface area contributed by atoms with Crippen LogP contribution in [0.5, 0.6) is 0 Å². The topological polar surface area (TPSA) is 29.2 Å². The normalized spacial score (nSPS) is 13.0. The minimum absolute atomic E-state index is 0. The standard InChI is InChI=1S/C36H26N5.Pt/c1-38-19-20-40(24-38)28-11-8-12-29(23-28)41-33-14-7-6-13-30(33)31-17-15-27(22-34(31)41)36-37-32-18-16-26(21-35(32)39(36)2)25-9-4-3-5-10-25;/h3-21,24H,1-2H3;/q-3;. The average molecular weight is 724 g/mol. The Morgan fingerprint density at radius 2 is 1.48 bits per heavy atom. The van der Waals surface area contributed by atoms with Gasteiger partial charge in [-0.25, -0.2) is 0 Å². The summed E-state index contributed by atoms with van der Waals surface area (Å²) in [5.41, 5.74) is 9.47. The molecule has 0 spiro atoms. The van der Waals surface area contributed by atoms with Crippen LogP contribution in [0.1, 0.15) is 0 Å². The maximum atomic E-state index is 5.05. The predicted octanol–water partition coefficient (Wildman–Crippen LogP) is 7.94. The second-order valence-corrected chi connectivity index (χ2v) is 10.5. The third-order valence-corrected chi connectivity index (χ3v) is 7.86. The van der Waals surface area contributed by atoms with Crippen molar-refractivity contribution in [2.75, 3.05) is 11.9 Å². The van der Waals surface area contributed by atoms with Crippen molar-refractivity contribution in [1.29, 1.82) is 0 Å². The molecule has 0 amide bonds. The first-order valence-electron chi connectivity index (χ1n) is 13.7. The number of rotatable bonds is 4. The molecule has 1 aliphatic heterocycles. The molecule has 208 valence electrons. The van der Waals surface area contributed by atoms with Crippen LogP contribution in [0, 0.1) is 18.8 Å². The smallest absolute Gasteiger partial charge is 0.0771 e. The van der Waals surface area contributed by atoms with Gasteiger partial charge >= 0.3 is 0 Å². The van der Waals surface area contributed by atoms with Gasteiger partial charge in [0, 0.05) is 33.6 Å². The van der Waals surface area contributed by atoms with Crippen molar-refractivity contribution in [3.05, 3.63) is 134 Å². The Kier molecular flexibility index (Phi) is 6.48. The number of anilines is 1. The molecule has 0 aliphatic carbocycles. The maximum absolute atomic E-state index is 5.05. The van der Waals surface area contributed by atoms with E-state index >= 15 is 0 Å². The first-order valence-corrected chi connectivity index (χ1v) is 13.7. The van der Waals surface area contributed by atoms with E-state index in [1.807, 2.05) is 37.1 Å². The van der Waals surface area contributed by atoms with Crippen molar-refractivity contribution >= 4 is 38.5 Å². The van der Waals surface area contributed by atoms with Crippen molar-refractivity contribution in [2.24, 2.45) is 7.05 Å². The molecule has 42 heavy (non-hydrogen) atoms. The Balaban J connectivity index is 0.00000288. The van der Waals surface area contributed by atoms with E-state index in [2.05, 4.69) is 130 Å². The molecule has 0 fully saturated rings. The summed E-state index contributed by atoms with van der Waals surface area (Å²) in [7, 11) is 4.11. The fraction of sp³-hybridized carbons (Fsp3) is 0.0556. The summed E-state index contributed by atoms with van der Waals surface area (Å²) in [4.78, 5) is 9.15. The van der Waals surface area contributed by atoms with Crippen LogP contribution in [0.4, 0.5) is 5.69 Å². The fourth-order valence-corrected chi connectivity index (χ4v) is 5.83. The van der Waals surface area contributed by atoms with Gasteiger partial charge in [-0.3, -0.25) is 4.98 Å². The second-order valence-electron chi connectivity index (χ2n) is 10.5. The zero-order chi connectivity index (χ0) is 27.5. The van der Waals surface area contributed by atoms with Crippen LogP contribution in [-0.2, 0) is 28.1 Å². The van der Waals surface area contributed by atoms with Gasteiger partial charge in [0.1, 0.15) is 0 Å². The van der Waals surface area contributed by atoms with E-state index < -0.39 is 0 Å². The number of aromatic nitrogens is 3. The van der Waals surface area contributed by atoms with Crippen LogP contribution in [-0.4, -0.2) is 26.1 Å².